The van der Waals surface area contributed by atoms with E-state index in [1.165, 1.54) is 0 Å². The molecule has 2 unspecified atom stereocenters. The monoisotopic (exact) mass is 411 g/mol. The number of ether oxygens (including phenoxy) is 1. The van der Waals surface area contributed by atoms with Gasteiger partial charge in [0.25, 0.3) is 0 Å². The molecule has 1 amide bonds. The number of anilines is 1. The lowest BCUT2D eigenvalue weighted by molar-refractivity contribution is -0.147. The highest BCUT2D eigenvalue weighted by molar-refractivity contribution is 6.49. The third-order valence-electron chi connectivity index (χ3n) is 7.09. The van der Waals surface area contributed by atoms with Crippen LogP contribution in [-0.2, 0) is 14.4 Å². The van der Waals surface area contributed by atoms with Gasteiger partial charge >= 0.3 is 0 Å². The van der Waals surface area contributed by atoms with Gasteiger partial charge in [-0.15, -0.1) is 0 Å². The van der Waals surface area contributed by atoms with Gasteiger partial charge in [0, 0.05) is 10.4 Å². The number of Topliss-reactive ketones (excluding diaryl/α,β-unsaturated/α-hetero) is 2. The van der Waals surface area contributed by atoms with E-state index < -0.39 is 33.7 Å². The Kier molecular flexibility index (Phi) is 4.35. The fourth-order valence-electron chi connectivity index (χ4n) is 4.81. The van der Waals surface area contributed by atoms with Crippen LogP contribution in [0.3, 0.4) is 0 Å². The Morgan fingerprint density at radius 3 is 2.31 bits per heavy atom. The van der Waals surface area contributed by atoms with Crippen molar-refractivity contribution in [3.05, 3.63) is 53.6 Å². The molecule has 2 atom stereocenters. The van der Waals surface area contributed by atoms with Crippen LogP contribution in [0.2, 0.25) is 5.02 Å². The molecular formula is C23H22ClNO4. The Labute approximate surface area is 174 Å². The number of benzene rings is 2. The average molecular weight is 412 g/mol. The second-order valence-electron chi connectivity index (χ2n) is 8.53. The van der Waals surface area contributed by atoms with Crippen molar-refractivity contribution < 1.29 is 19.1 Å². The second kappa shape index (κ2) is 6.42. The molecular weight excluding hydrogens is 390 g/mol. The third kappa shape index (κ3) is 2.57. The molecule has 0 spiro atoms. The van der Waals surface area contributed by atoms with Crippen molar-refractivity contribution >= 4 is 34.8 Å². The lowest BCUT2D eigenvalue weighted by Crippen LogP contribution is -2.47. The molecule has 150 valence electrons. The first-order valence-corrected chi connectivity index (χ1v) is 9.94. The van der Waals surface area contributed by atoms with E-state index in [4.69, 9.17) is 16.3 Å². The van der Waals surface area contributed by atoms with Gasteiger partial charge in [0.15, 0.2) is 5.75 Å². The molecule has 0 radical (unpaired) electrons. The van der Waals surface area contributed by atoms with Gasteiger partial charge in [-0.2, -0.15) is 0 Å². The minimum absolute atomic E-state index is 0.350. The summed E-state index contributed by atoms with van der Waals surface area (Å²) in [5.41, 5.74) is -2.63. The van der Waals surface area contributed by atoms with Crippen molar-refractivity contribution in [3.8, 4) is 11.5 Å². The molecule has 2 aliphatic rings. The molecule has 2 saturated carbocycles. The van der Waals surface area contributed by atoms with Crippen molar-refractivity contribution in [2.45, 2.75) is 33.6 Å². The van der Waals surface area contributed by atoms with E-state index in [0.717, 1.165) is 0 Å². The van der Waals surface area contributed by atoms with Gasteiger partial charge in [0.2, 0.25) is 17.5 Å². The van der Waals surface area contributed by atoms with Gasteiger partial charge in [0.1, 0.15) is 11.2 Å². The summed E-state index contributed by atoms with van der Waals surface area (Å²) in [5.74, 6) is -0.524. The number of hydrogen-bond acceptors (Lipinski definition) is 4. The number of para-hydroxylation sites is 1. The number of carbonyl (C=O) groups excluding carboxylic acids is 3. The highest BCUT2D eigenvalue weighted by atomic mass is 35.5. The maximum atomic E-state index is 13.4. The summed E-state index contributed by atoms with van der Waals surface area (Å²) in [7, 11) is 0. The molecule has 0 aromatic heterocycles. The van der Waals surface area contributed by atoms with Gasteiger partial charge in [-0.05, 0) is 48.6 Å². The van der Waals surface area contributed by atoms with Crippen LogP contribution in [0.4, 0.5) is 5.69 Å². The maximum Gasteiger partial charge on any atom is 0.239 e. The molecule has 6 heteroatoms. The summed E-state index contributed by atoms with van der Waals surface area (Å²) in [6.45, 7) is 5.46. The predicted octanol–water partition coefficient (Wildman–Crippen LogP) is 5.04. The first kappa shape index (κ1) is 19.6. The van der Waals surface area contributed by atoms with Crippen molar-refractivity contribution in [3.63, 3.8) is 0 Å². The molecule has 29 heavy (non-hydrogen) atoms. The number of halogens is 1. The summed E-state index contributed by atoms with van der Waals surface area (Å²) in [4.78, 5) is 39.0. The lowest BCUT2D eigenvalue weighted by Gasteiger charge is -2.37. The standard InChI is InChI=1S/C23H22ClNO4/c1-21(2)22(3)11-12-23(21,19(27)18(22)26)20(28)25-16-13-14(24)9-10-17(16)29-15-7-5-4-6-8-15/h4-10,13H,11-12H2,1-3H3,(H,25,28). The molecule has 0 saturated heterocycles. The zero-order valence-electron chi connectivity index (χ0n) is 16.5. The van der Waals surface area contributed by atoms with Gasteiger partial charge in [-0.1, -0.05) is 50.6 Å². The van der Waals surface area contributed by atoms with E-state index in [0.29, 0.717) is 35.1 Å². The van der Waals surface area contributed by atoms with E-state index in [2.05, 4.69) is 5.32 Å². The highest BCUT2D eigenvalue weighted by Crippen LogP contribution is 2.69. The third-order valence-corrected chi connectivity index (χ3v) is 7.32. The molecule has 2 aliphatic carbocycles. The molecule has 0 heterocycles. The Bertz CT molecular complexity index is 1030. The SMILES string of the molecule is CC12CCC(C(=O)Nc3cc(Cl)ccc3Oc3ccccc3)(C(=O)C1=O)C2(C)C. The number of carbonyl (C=O) groups is 3. The van der Waals surface area contributed by atoms with E-state index in [1.54, 1.807) is 37.3 Å². The van der Waals surface area contributed by atoms with Gasteiger partial charge in [0.05, 0.1) is 5.69 Å². The molecule has 2 aromatic rings. The number of nitrogens with one attached hydrogen (secondary N) is 1. The topological polar surface area (TPSA) is 72.5 Å². The van der Waals surface area contributed by atoms with Crippen molar-refractivity contribution in [1.29, 1.82) is 0 Å². The lowest BCUT2D eigenvalue weighted by atomic mass is 9.64. The molecule has 5 nitrogen and oxygen atoms in total. The van der Waals surface area contributed by atoms with Crippen molar-refractivity contribution in [2.75, 3.05) is 5.32 Å². The summed E-state index contributed by atoms with van der Waals surface area (Å²) < 4.78 is 5.90. The van der Waals surface area contributed by atoms with E-state index in [1.807, 2.05) is 32.0 Å². The van der Waals surface area contributed by atoms with Crippen LogP contribution >= 0.6 is 11.6 Å². The van der Waals surface area contributed by atoms with Crippen molar-refractivity contribution in [2.24, 2.45) is 16.2 Å². The normalized spacial score (nSPS) is 27.2. The molecule has 1 N–H and O–H groups in total. The zero-order chi connectivity index (χ0) is 21.0. The van der Waals surface area contributed by atoms with Crippen LogP contribution < -0.4 is 10.1 Å². The Morgan fingerprint density at radius 2 is 1.69 bits per heavy atom. The predicted molar refractivity (Wildman–Crippen MR) is 110 cm³/mol. The Hall–Kier alpha value is -2.66. The smallest absolute Gasteiger partial charge is 0.239 e. The van der Waals surface area contributed by atoms with Crippen molar-refractivity contribution in [1.82, 2.24) is 0 Å². The summed E-state index contributed by atoms with van der Waals surface area (Å²) in [6.07, 6.45) is 0.864. The van der Waals surface area contributed by atoms with E-state index >= 15 is 0 Å². The zero-order valence-corrected chi connectivity index (χ0v) is 17.3. The molecule has 2 aromatic carbocycles. The summed E-state index contributed by atoms with van der Waals surface area (Å²) in [5, 5.41) is 3.25. The Balaban J connectivity index is 1.70. The molecule has 2 fully saturated rings. The minimum Gasteiger partial charge on any atom is -0.455 e. The molecule has 2 bridgehead atoms. The van der Waals surface area contributed by atoms with Gasteiger partial charge in [-0.25, -0.2) is 0 Å². The first-order valence-electron chi connectivity index (χ1n) is 9.57. The minimum atomic E-state index is -1.38. The molecule has 4 rings (SSSR count). The van der Waals surface area contributed by atoms with Crippen LogP contribution in [0.1, 0.15) is 33.6 Å². The summed E-state index contributed by atoms with van der Waals surface area (Å²) in [6, 6.07) is 14.0. The Morgan fingerprint density at radius 1 is 1.00 bits per heavy atom. The number of amides is 1. The van der Waals surface area contributed by atoms with Gasteiger partial charge in [-0.3, -0.25) is 14.4 Å². The largest absolute Gasteiger partial charge is 0.455 e. The number of rotatable bonds is 4. The fourth-order valence-corrected chi connectivity index (χ4v) is 4.98. The number of fused-ring (bicyclic) bond motifs is 2. The number of hydrogen-bond donors (Lipinski definition) is 1. The molecule has 0 aliphatic heterocycles. The average Bonchev–Trinajstić information content (AvgIpc) is 2.96. The van der Waals surface area contributed by atoms with Crippen LogP contribution in [0.25, 0.3) is 0 Å². The number of ketones is 2. The van der Waals surface area contributed by atoms with Crippen LogP contribution in [0.5, 0.6) is 11.5 Å². The maximum absolute atomic E-state index is 13.4. The quantitative estimate of drug-likeness (QED) is 0.565. The fraction of sp³-hybridized carbons (Fsp3) is 0.348. The first-order chi connectivity index (χ1) is 13.6. The summed E-state index contributed by atoms with van der Waals surface area (Å²) >= 11 is 6.14. The van der Waals surface area contributed by atoms with E-state index in [-0.39, 0.29) is 0 Å². The van der Waals surface area contributed by atoms with Gasteiger partial charge < -0.3 is 10.1 Å². The van der Waals surface area contributed by atoms with Crippen LogP contribution in [0.15, 0.2) is 48.5 Å². The second-order valence-corrected chi connectivity index (χ2v) is 8.97. The van der Waals surface area contributed by atoms with E-state index in [9.17, 15) is 14.4 Å². The highest BCUT2D eigenvalue weighted by Gasteiger charge is 2.77. The van der Waals surface area contributed by atoms with Crippen LogP contribution in [0, 0.1) is 16.2 Å². The van der Waals surface area contributed by atoms with Crippen LogP contribution in [-0.4, -0.2) is 17.5 Å².